The summed E-state index contributed by atoms with van der Waals surface area (Å²) in [7, 11) is 0. The molecule has 4 heteroatoms. The number of ether oxygens (including phenoxy) is 1. The number of hydrogen-bond donors (Lipinski definition) is 0. The molecule has 0 bridgehead atoms. The zero-order chi connectivity index (χ0) is 13.8. The number of aryl methyl sites for hydroxylation is 1. The van der Waals surface area contributed by atoms with E-state index in [0.29, 0.717) is 5.75 Å². The lowest BCUT2D eigenvalue weighted by Crippen LogP contribution is -1.89. The summed E-state index contributed by atoms with van der Waals surface area (Å²) in [6.07, 6.45) is 6.92. The van der Waals surface area contributed by atoms with E-state index in [1.54, 1.807) is 18.6 Å². The predicted octanol–water partition coefficient (Wildman–Crippen LogP) is 3.64. The monoisotopic (exact) mass is 263 g/mol. The maximum absolute atomic E-state index is 5.74. The summed E-state index contributed by atoms with van der Waals surface area (Å²) in [4.78, 5) is 12.6. The van der Waals surface area contributed by atoms with Crippen LogP contribution in [0.15, 0.2) is 61.2 Å². The molecule has 0 unspecified atom stereocenters. The first-order valence-electron chi connectivity index (χ1n) is 6.28. The highest BCUT2D eigenvalue weighted by molar-refractivity contribution is 5.59. The zero-order valence-electron chi connectivity index (χ0n) is 11.0. The quantitative estimate of drug-likeness (QED) is 0.723. The lowest BCUT2D eigenvalue weighted by molar-refractivity contribution is 0.480. The van der Waals surface area contributed by atoms with Crippen LogP contribution in [0.25, 0.3) is 11.3 Å². The van der Waals surface area contributed by atoms with Crippen LogP contribution in [0.5, 0.6) is 11.5 Å². The molecule has 0 aliphatic carbocycles. The van der Waals surface area contributed by atoms with E-state index in [1.807, 2.05) is 49.5 Å². The van der Waals surface area contributed by atoms with Crippen LogP contribution < -0.4 is 4.74 Å². The maximum atomic E-state index is 5.74. The summed E-state index contributed by atoms with van der Waals surface area (Å²) in [5, 5.41) is 0. The summed E-state index contributed by atoms with van der Waals surface area (Å²) >= 11 is 0. The predicted molar refractivity (Wildman–Crippen MR) is 76.5 cm³/mol. The van der Waals surface area contributed by atoms with Crippen molar-refractivity contribution in [2.75, 3.05) is 0 Å². The molecule has 0 radical (unpaired) electrons. The van der Waals surface area contributed by atoms with Crippen molar-refractivity contribution in [3.8, 4) is 22.8 Å². The highest BCUT2D eigenvalue weighted by Gasteiger charge is 2.03. The van der Waals surface area contributed by atoms with E-state index in [2.05, 4.69) is 15.0 Å². The van der Waals surface area contributed by atoms with Gasteiger partial charge in [-0.25, -0.2) is 0 Å². The number of nitrogens with zero attached hydrogens (tertiary/aromatic N) is 3. The molecule has 20 heavy (non-hydrogen) atoms. The highest BCUT2D eigenvalue weighted by atomic mass is 16.5. The lowest BCUT2D eigenvalue weighted by Gasteiger charge is -2.06. The molecule has 0 saturated heterocycles. The molecule has 0 fully saturated rings. The van der Waals surface area contributed by atoms with Gasteiger partial charge < -0.3 is 4.74 Å². The number of hydrogen-bond acceptors (Lipinski definition) is 4. The largest absolute Gasteiger partial charge is 0.456 e. The molecule has 3 aromatic rings. The van der Waals surface area contributed by atoms with Crippen LogP contribution in [-0.4, -0.2) is 15.0 Å². The normalized spacial score (nSPS) is 10.2. The second-order valence-electron chi connectivity index (χ2n) is 4.36. The Morgan fingerprint density at radius 1 is 0.900 bits per heavy atom. The third kappa shape index (κ3) is 2.80. The Balaban J connectivity index is 1.88. The second-order valence-corrected chi connectivity index (χ2v) is 4.36. The third-order valence-corrected chi connectivity index (χ3v) is 2.81. The van der Waals surface area contributed by atoms with Crippen molar-refractivity contribution in [3.63, 3.8) is 0 Å². The number of aromatic nitrogens is 3. The van der Waals surface area contributed by atoms with Crippen molar-refractivity contribution in [1.29, 1.82) is 0 Å². The van der Waals surface area contributed by atoms with Crippen LogP contribution in [0, 0.1) is 6.92 Å². The summed E-state index contributed by atoms with van der Waals surface area (Å²) in [6.45, 7) is 1.96. The fraction of sp³-hybridized carbons (Fsp3) is 0.0625. The Morgan fingerprint density at radius 3 is 2.60 bits per heavy atom. The molecule has 0 aliphatic rings. The molecule has 0 aliphatic heterocycles. The molecule has 0 aromatic carbocycles. The van der Waals surface area contributed by atoms with Crippen molar-refractivity contribution < 1.29 is 4.74 Å². The average molecular weight is 263 g/mol. The molecule has 0 N–H and O–H groups in total. The first-order valence-corrected chi connectivity index (χ1v) is 6.28. The van der Waals surface area contributed by atoms with Crippen molar-refractivity contribution >= 4 is 0 Å². The minimum atomic E-state index is 0.701. The van der Waals surface area contributed by atoms with Crippen molar-refractivity contribution in [1.82, 2.24) is 15.0 Å². The number of rotatable bonds is 3. The van der Waals surface area contributed by atoms with Crippen molar-refractivity contribution in [2.24, 2.45) is 0 Å². The van der Waals surface area contributed by atoms with Gasteiger partial charge in [0.1, 0.15) is 11.5 Å². The third-order valence-electron chi connectivity index (χ3n) is 2.81. The molecular formula is C16H13N3O. The maximum Gasteiger partial charge on any atom is 0.145 e. The standard InChI is InChI=1S/C16H13N3O/c1-12-4-5-13(10-19-12)16-9-14(6-8-18-16)20-15-3-2-7-17-11-15/h2-11H,1H3. The summed E-state index contributed by atoms with van der Waals surface area (Å²) in [5.74, 6) is 1.43. The summed E-state index contributed by atoms with van der Waals surface area (Å²) in [5.41, 5.74) is 2.78. The van der Waals surface area contributed by atoms with Gasteiger partial charge in [-0.2, -0.15) is 0 Å². The van der Waals surface area contributed by atoms with E-state index in [1.165, 1.54) is 0 Å². The fourth-order valence-corrected chi connectivity index (χ4v) is 1.80. The molecule has 98 valence electrons. The topological polar surface area (TPSA) is 47.9 Å². The van der Waals surface area contributed by atoms with Crippen LogP contribution in [0.4, 0.5) is 0 Å². The Kier molecular flexibility index (Phi) is 3.37. The van der Waals surface area contributed by atoms with Crippen LogP contribution in [0.2, 0.25) is 0 Å². The molecule has 0 atom stereocenters. The molecule has 4 nitrogen and oxygen atoms in total. The van der Waals surface area contributed by atoms with Gasteiger partial charge in [0.25, 0.3) is 0 Å². The van der Waals surface area contributed by atoms with Crippen LogP contribution in [-0.2, 0) is 0 Å². The van der Waals surface area contributed by atoms with E-state index < -0.39 is 0 Å². The minimum absolute atomic E-state index is 0.701. The molecule has 3 rings (SSSR count). The zero-order valence-corrected chi connectivity index (χ0v) is 11.0. The molecule has 0 amide bonds. The van der Waals surface area contributed by atoms with Gasteiger partial charge in [-0.15, -0.1) is 0 Å². The van der Waals surface area contributed by atoms with Crippen LogP contribution >= 0.6 is 0 Å². The first kappa shape index (κ1) is 12.3. The van der Waals surface area contributed by atoms with Crippen LogP contribution in [0.3, 0.4) is 0 Å². The van der Waals surface area contributed by atoms with Gasteiger partial charge in [-0.3, -0.25) is 15.0 Å². The molecular weight excluding hydrogens is 250 g/mol. The van der Waals surface area contributed by atoms with E-state index in [0.717, 1.165) is 22.7 Å². The minimum Gasteiger partial charge on any atom is -0.456 e. The lowest BCUT2D eigenvalue weighted by atomic mass is 10.2. The van der Waals surface area contributed by atoms with E-state index in [-0.39, 0.29) is 0 Å². The highest BCUT2D eigenvalue weighted by Crippen LogP contribution is 2.24. The number of pyridine rings is 3. The Morgan fingerprint density at radius 2 is 1.85 bits per heavy atom. The van der Waals surface area contributed by atoms with Gasteiger partial charge in [0, 0.05) is 35.9 Å². The SMILES string of the molecule is Cc1ccc(-c2cc(Oc3cccnc3)ccn2)cn1. The van der Waals surface area contributed by atoms with Gasteiger partial charge in [0.15, 0.2) is 0 Å². The second kappa shape index (κ2) is 5.48. The van der Waals surface area contributed by atoms with Crippen LogP contribution in [0.1, 0.15) is 5.69 Å². The van der Waals surface area contributed by atoms with Gasteiger partial charge in [0.05, 0.1) is 11.9 Å². The Bertz CT molecular complexity index is 696. The van der Waals surface area contributed by atoms with Crippen molar-refractivity contribution in [3.05, 3.63) is 66.9 Å². The first-order chi connectivity index (χ1) is 9.81. The average Bonchev–Trinajstić information content (AvgIpc) is 2.49. The fourth-order valence-electron chi connectivity index (χ4n) is 1.80. The molecule has 0 spiro atoms. The molecule has 3 heterocycles. The van der Waals surface area contributed by atoms with Gasteiger partial charge >= 0.3 is 0 Å². The van der Waals surface area contributed by atoms with Gasteiger partial charge in [0.2, 0.25) is 0 Å². The summed E-state index contributed by atoms with van der Waals surface area (Å²) < 4.78 is 5.74. The molecule has 3 aromatic heterocycles. The van der Waals surface area contributed by atoms with E-state index >= 15 is 0 Å². The van der Waals surface area contributed by atoms with Gasteiger partial charge in [-0.1, -0.05) is 0 Å². The van der Waals surface area contributed by atoms with E-state index in [4.69, 9.17) is 4.74 Å². The van der Waals surface area contributed by atoms with Crippen molar-refractivity contribution in [2.45, 2.75) is 6.92 Å². The Hall–Kier alpha value is -2.75. The van der Waals surface area contributed by atoms with E-state index in [9.17, 15) is 0 Å². The smallest absolute Gasteiger partial charge is 0.145 e. The molecule has 0 saturated carbocycles. The van der Waals surface area contributed by atoms with Gasteiger partial charge in [-0.05, 0) is 37.3 Å². The summed E-state index contributed by atoms with van der Waals surface area (Å²) in [6, 6.07) is 11.4. The Labute approximate surface area is 117 Å².